The van der Waals surface area contributed by atoms with Crippen LogP contribution in [0.5, 0.6) is 0 Å². The Hall–Kier alpha value is -2.46. The minimum absolute atomic E-state index is 0.574. The highest BCUT2D eigenvalue weighted by Crippen LogP contribution is 2.14. The van der Waals surface area contributed by atoms with Crippen molar-refractivity contribution in [3.63, 3.8) is 0 Å². The van der Waals surface area contributed by atoms with E-state index in [0.717, 1.165) is 17.7 Å². The van der Waals surface area contributed by atoms with E-state index >= 15 is 0 Å². The third-order valence-corrected chi connectivity index (χ3v) is 3.80. The zero-order chi connectivity index (χ0) is 18.5. The van der Waals surface area contributed by atoms with E-state index in [9.17, 15) is 4.79 Å². The number of rotatable bonds is 3. The molecular formula is C21H24N2OS. The number of hydrogen-bond donors (Lipinski definition) is 0. The molecule has 3 aromatic rings. The van der Waals surface area contributed by atoms with Crippen LogP contribution < -0.4 is 0 Å². The molecule has 0 atom stereocenters. The third-order valence-electron chi connectivity index (χ3n) is 3.08. The minimum atomic E-state index is 0.574. The molecule has 0 unspecified atom stereocenters. The van der Waals surface area contributed by atoms with Crippen LogP contribution in [0.3, 0.4) is 0 Å². The van der Waals surface area contributed by atoms with E-state index in [0.29, 0.717) is 5.56 Å². The van der Waals surface area contributed by atoms with Gasteiger partial charge in [-0.05, 0) is 49.6 Å². The van der Waals surface area contributed by atoms with Crippen molar-refractivity contribution in [1.82, 2.24) is 9.97 Å². The fraction of sp³-hybridized carbons (Fsp3) is 0.190. The first-order valence-corrected chi connectivity index (χ1v) is 9.38. The number of carbonyl (C=O) groups is 1. The summed E-state index contributed by atoms with van der Waals surface area (Å²) in [4.78, 5) is 20.0. The van der Waals surface area contributed by atoms with Gasteiger partial charge < -0.3 is 0 Å². The molecule has 0 spiro atoms. The number of nitrogens with zero attached hydrogens (tertiary/aromatic N) is 2. The molecule has 0 aliphatic heterocycles. The maximum Gasteiger partial charge on any atom is 0.151 e. The highest BCUT2D eigenvalue weighted by molar-refractivity contribution is 7.98. The first-order chi connectivity index (χ1) is 12.2. The summed E-state index contributed by atoms with van der Waals surface area (Å²) in [6, 6.07) is 17.6. The highest BCUT2D eigenvalue weighted by Gasteiger charge is 1.98. The van der Waals surface area contributed by atoms with Crippen LogP contribution >= 0.6 is 11.8 Å². The van der Waals surface area contributed by atoms with Gasteiger partial charge in [0.15, 0.2) is 6.29 Å². The molecule has 2 aromatic heterocycles. The summed E-state index contributed by atoms with van der Waals surface area (Å²) < 4.78 is 0. The van der Waals surface area contributed by atoms with Crippen molar-refractivity contribution < 1.29 is 4.79 Å². The molecule has 0 bridgehead atoms. The molecule has 3 nitrogen and oxygen atoms in total. The predicted molar refractivity (Wildman–Crippen MR) is 107 cm³/mol. The van der Waals surface area contributed by atoms with E-state index in [1.165, 1.54) is 16.7 Å². The van der Waals surface area contributed by atoms with Gasteiger partial charge in [-0.2, -0.15) is 0 Å². The Morgan fingerprint density at radius 2 is 1.68 bits per heavy atom. The van der Waals surface area contributed by atoms with Crippen LogP contribution in [0.4, 0.5) is 0 Å². The highest BCUT2D eigenvalue weighted by atomic mass is 32.2. The largest absolute Gasteiger partial charge is 0.298 e. The monoisotopic (exact) mass is 352 g/mol. The molecule has 0 aliphatic rings. The third kappa shape index (κ3) is 7.31. The lowest BCUT2D eigenvalue weighted by atomic mass is 10.2. The van der Waals surface area contributed by atoms with Crippen molar-refractivity contribution in [1.29, 1.82) is 0 Å². The Balaban J connectivity index is 0.000000246. The molecule has 25 heavy (non-hydrogen) atoms. The molecule has 0 amide bonds. The van der Waals surface area contributed by atoms with Gasteiger partial charge in [0.1, 0.15) is 0 Å². The van der Waals surface area contributed by atoms with Crippen molar-refractivity contribution in [3.8, 4) is 11.4 Å². The van der Waals surface area contributed by atoms with E-state index in [-0.39, 0.29) is 0 Å². The number of benzene rings is 1. The molecule has 0 N–H and O–H groups in total. The molecule has 0 fully saturated rings. The Kier molecular flexibility index (Phi) is 9.87. The summed E-state index contributed by atoms with van der Waals surface area (Å²) in [5.74, 6) is 0. The van der Waals surface area contributed by atoms with Gasteiger partial charge in [-0.15, -0.1) is 11.8 Å². The number of aldehydes is 1. The average Bonchev–Trinajstić information content (AvgIpc) is 2.71. The van der Waals surface area contributed by atoms with E-state index in [1.54, 1.807) is 30.1 Å². The fourth-order valence-electron chi connectivity index (χ4n) is 1.88. The summed E-state index contributed by atoms with van der Waals surface area (Å²) in [6.45, 7) is 6.11. The summed E-state index contributed by atoms with van der Waals surface area (Å²) in [5.41, 5.74) is 3.49. The number of aromatic nitrogens is 2. The smallest absolute Gasteiger partial charge is 0.151 e. The van der Waals surface area contributed by atoms with Crippen LogP contribution in [-0.2, 0) is 0 Å². The van der Waals surface area contributed by atoms with Gasteiger partial charge in [0.05, 0.1) is 11.4 Å². The maximum atomic E-state index is 10.4. The van der Waals surface area contributed by atoms with Gasteiger partial charge in [-0.25, -0.2) is 0 Å². The topological polar surface area (TPSA) is 42.9 Å². The molecule has 130 valence electrons. The minimum Gasteiger partial charge on any atom is -0.298 e. The van der Waals surface area contributed by atoms with E-state index in [1.807, 2.05) is 32.0 Å². The molecule has 2 heterocycles. The van der Waals surface area contributed by atoms with Gasteiger partial charge in [0.25, 0.3) is 0 Å². The Morgan fingerprint density at radius 1 is 0.920 bits per heavy atom. The molecule has 0 saturated heterocycles. The van der Waals surface area contributed by atoms with Gasteiger partial charge >= 0.3 is 0 Å². The predicted octanol–water partition coefficient (Wildman–Crippen LogP) is 5.70. The zero-order valence-electron chi connectivity index (χ0n) is 15.1. The van der Waals surface area contributed by atoms with Crippen molar-refractivity contribution >= 4 is 18.0 Å². The number of pyridine rings is 2. The molecule has 0 saturated carbocycles. The Bertz CT molecular complexity index is 743. The second-order valence-electron chi connectivity index (χ2n) is 4.83. The van der Waals surface area contributed by atoms with Gasteiger partial charge in [0.2, 0.25) is 0 Å². The first-order valence-electron chi connectivity index (χ1n) is 8.16. The summed E-state index contributed by atoms with van der Waals surface area (Å²) in [5, 5.41) is 0. The molecule has 3 rings (SSSR count). The second kappa shape index (κ2) is 12.0. The summed E-state index contributed by atoms with van der Waals surface area (Å²) in [7, 11) is 0. The van der Waals surface area contributed by atoms with Crippen molar-refractivity contribution in [2.75, 3.05) is 6.26 Å². The molecule has 0 radical (unpaired) electrons. The summed E-state index contributed by atoms with van der Waals surface area (Å²) in [6.07, 6.45) is 6.12. The van der Waals surface area contributed by atoms with Crippen molar-refractivity contribution in [3.05, 3.63) is 78.1 Å². The van der Waals surface area contributed by atoms with Gasteiger partial charge in [-0.1, -0.05) is 37.6 Å². The van der Waals surface area contributed by atoms with Crippen LogP contribution in [0.25, 0.3) is 11.4 Å². The lowest BCUT2D eigenvalue weighted by molar-refractivity contribution is 0.112. The summed E-state index contributed by atoms with van der Waals surface area (Å²) >= 11 is 1.78. The van der Waals surface area contributed by atoms with Crippen molar-refractivity contribution in [2.45, 2.75) is 25.7 Å². The average molecular weight is 353 g/mol. The second-order valence-corrected chi connectivity index (χ2v) is 5.71. The normalized spacial score (nSPS) is 9.12. The molecule has 1 aromatic carbocycles. The van der Waals surface area contributed by atoms with Crippen molar-refractivity contribution in [2.24, 2.45) is 0 Å². The van der Waals surface area contributed by atoms with E-state index < -0.39 is 0 Å². The Labute approximate surface area is 154 Å². The number of aryl methyl sites for hydroxylation is 1. The lowest BCUT2D eigenvalue weighted by Crippen LogP contribution is -1.88. The number of hydrogen-bond acceptors (Lipinski definition) is 4. The van der Waals surface area contributed by atoms with Gasteiger partial charge in [0, 0.05) is 22.9 Å². The SMILES string of the molecule is CC.CSc1cccc(C)c1.O=Cc1ccc(-c2ccccn2)nc1. The van der Waals surface area contributed by atoms with E-state index in [2.05, 4.69) is 47.4 Å². The fourth-order valence-corrected chi connectivity index (χ4v) is 2.40. The molecule has 0 aliphatic carbocycles. The first kappa shape index (κ1) is 20.6. The van der Waals surface area contributed by atoms with Crippen LogP contribution in [-0.4, -0.2) is 22.5 Å². The molecular weight excluding hydrogens is 328 g/mol. The van der Waals surface area contributed by atoms with Gasteiger partial charge in [-0.3, -0.25) is 14.8 Å². The standard InChI is InChI=1S/C11H8N2O.C8H10S.C2H6/c14-8-9-4-5-11(13-7-9)10-3-1-2-6-12-10;1-7-4-3-5-8(6-7)9-2;1-2/h1-8H;3-6H,1-2H3;1-2H3. The van der Waals surface area contributed by atoms with Crippen LogP contribution in [0.1, 0.15) is 29.8 Å². The quantitative estimate of drug-likeness (QED) is 0.448. The number of carbonyl (C=O) groups excluding carboxylic acids is 1. The van der Waals surface area contributed by atoms with Crippen LogP contribution in [0.15, 0.2) is 71.9 Å². The van der Waals surface area contributed by atoms with Crippen LogP contribution in [0.2, 0.25) is 0 Å². The molecule has 4 heteroatoms. The van der Waals surface area contributed by atoms with Crippen LogP contribution in [0, 0.1) is 6.92 Å². The Morgan fingerprint density at radius 3 is 2.16 bits per heavy atom. The van der Waals surface area contributed by atoms with E-state index in [4.69, 9.17) is 0 Å². The maximum absolute atomic E-state index is 10.4. The number of thioether (sulfide) groups is 1. The lowest BCUT2D eigenvalue weighted by Gasteiger charge is -1.98. The zero-order valence-corrected chi connectivity index (χ0v) is 16.0.